The van der Waals surface area contributed by atoms with Gasteiger partial charge in [-0.15, -0.1) is 0 Å². The number of allylic oxidation sites excluding steroid dienone is 4. The maximum atomic E-state index is 13.6. The predicted molar refractivity (Wildman–Crippen MR) is 191 cm³/mol. The van der Waals surface area contributed by atoms with E-state index >= 15 is 0 Å². The summed E-state index contributed by atoms with van der Waals surface area (Å²) in [6, 6.07) is 37.3. The van der Waals surface area contributed by atoms with E-state index in [0.29, 0.717) is 0 Å². The van der Waals surface area contributed by atoms with Crippen LogP contribution in [0.5, 0.6) is 0 Å². The molecule has 2 nitrogen and oxygen atoms in total. The molecule has 0 saturated carbocycles. The predicted octanol–water partition coefficient (Wildman–Crippen LogP) is 9.84. The molecule has 0 spiro atoms. The second-order valence-corrected chi connectivity index (χ2v) is 14.2. The Bertz CT molecular complexity index is 2370. The van der Waals surface area contributed by atoms with Crippen molar-refractivity contribution in [1.29, 1.82) is 0 Å². The minimum Gasteiger partial charge on any atom is -0.377 e. The van der Waals surface area contributed by atoms with Crippen molar-refractivity contribution in [2.75, 3.05) is 0 Å². The molecular formula is C43H31BrO2. The van der Waals surface area contributed by atoms with Crippen molar-refractivity contribution in [1.82, 2.24) is 0 Å². The Kier molecular flexibility index (Phi) is 5.73. The third-order valence-electron chi connectivity index (χ3n) is 10.5. The Hall–Kier alpha value is -4.54. The molecule has 2 atom stereocenters. The molecule has 0 aliphatic heterocycles. The van der Waals surface area contributed by atoms with Crippen molar-refractivity contribution in [3.63, 3.8) is 0 Å². The number of aliphatic hydroxyl groups is 2. The van der Waals surface area contributed by atoms with Gasteiger partial charge in [-0.25, -0.2) is 0 Å². The van der Waals surface area contributed by atoms with Gasteiger partial charge in [-0.2, -0.15) is 0 Å². The minimum atomic E-state index is -1.48. The van der Waals surface area contributed by atoms with Crippen molar-refractivity contribution >= 4 is 43.6 Å². The number of hydrogen-bond acceptors (Lipinski definition) is 2. The summed E-state index contributed by atoms with van der Waals surface area (Å²) < 4.78 is 0.795. The monoisotopic (exact) mass is 658 g/mol. The topological polar surface area (TPSA) is 40.5 Å². The van der Waals surface area contributed by atoms with E-state index in [1.165, 1.54) is 5.56 Å². The lowest BCUT2D eigenvalue weighted by molar-refractivity contribution is 0.118. The molecule has 0 fully saturated rings. The fourth-order valence-corrected chi connectivity index (χ4v) is 8.98. The number of rotatable bonds is 2. The summed E-state index contributed by atoms with van der Waals surface area (Å²) in [6.07, 6.45) is 10.5. The van der Waals surface area contributed by atoms with Gasteiger partial charge in [0.05, 0.1) is 0 Å². The van der Waals surface area contributed by atoms with Crippen molar-refractivity contribution in [2.24, 2.45) is 0 Å². The molecule has 4 aliphatic carbocycles. The van der Waals surface area contributed by atoms with Gasteiger partial charge in [0.1, 0.15) is 11.2 Å². The third kappa shape index (κ3) is 3.59. The van der Waals surface area contributed by atoms with Gasteiger partial charge >= 0.3 is 0 Å². The molecule has 0 amide bonds. The van der Waals surface area contributed by atoms with Gasteiger partial charge in [-0.1, -0.05) is 139 Å². The van der Waals surface area contributed by atoms with Gasteiger partial charge in [0.15, 0.2) is 0 Å². The zero-order valence-electron chi connectivity index (χ0n) is 25.6. The average Bonchev–Trinajstić information content (AvgIpc) is 3.45. The van der Waals surface area contributed by atoms with Crippen LogP contribution >= 0.6 is 15.9 Å². The molecule has 46 heavy (non-hydrogen) atoms. The summed E-state index contributed by atoms with van der Waals surface area (Å²) in [5.41, 5.74) is 5.89. The molecule has 5 aromatic carbocycles. The highest BCUT2D eigenvalue weighted by atomic mass is 79.9. The van der Waals surface area contributed by atoms with Gasteiger partial charge in [0.25, 0.3) is 0 Å². The lowest BCUT2D eigenvalue weighted by atomic mass is 9.59. The fraction of sp³-hybridized carbons (Fsp3) is 0.116. The molecule has 3 heteroatoms. The summed E-state index contributed by atoms with van der Waals surface area (Å²) >= 11 is 3.75. The van der Waals surface area contributed by atoms with Crippen LogP contribution in [0.4, 0.5) is 0 Å². The largest absolute Gasteiger partial charge is 0.377 e. The van der Waals surface area contributed by atoms with E-state index < -0.39 is 16.6 Å². The Morgan fingerprint density at radius 3 is 1.87 bits per heavy atom. The normalized spacial score (nSPS) is 24.2. The van der Waals surface area contributed by atoms with Crippen molar-refractivity contribution < 1.29 is 10.2 Å². The van der Waals surface area contributed by atoms with Gasteiger partial charge in [0, 0.05) is 26.6 Å². The Morgan fingerprint density at radius 2 is 1.13 bits per heavy atom. The van der Waals surface area contributed by atoms with Crippen LogP contribution in [0.25, 0.3) is 27.6 Å². The highest BCUT2D eigenvalue weighted by molar-refractivity contribution is 9.11. The van der Waals surface area contributed by atoms with Gasteiger partial charge in [-0.3, -0.25) is 0 Å². The molecular weight excluding hydrogens is 628 g/mol. The second kappa shape index (κ2) is 9.49. The van der Waals surface area contributed by atoms with Crippen LogP contribution in [-0.4, -0.2) is 10.2 Å². The first kappa shape index (κ1) is 27.7. The molecule has 222 valence electrons. The maximum Gasteiger partial charge on any atom is 0.142 e. The maximum absolute atomic E-state index is 13.6. The van der Waals surface area contributed by atoms with Crippen LogP contribution in [0.1, 0.15) is 36.1 Å². The molecule has 0 heterocycles. The van der Waals surface area contributed by atoms with Crippen molar-refractivity contribution in [3.8, 4) is 0 Å². The quantitative estimate of drug-likeness (QED) is 0.198. The lowest BCUT2D eigenvalue weighted by Crippen LogP contribution is -2.41. The molecule has 0 bridgehead atoms. The Balaban J connectivity index is 1.42. The fourth-order valence-electron chi connectivity index (χ4n) is 8.40. The van der Waals surface area contributed by atoms with Gasteiger partial charge < -0.3 is 10.2 Å². The SMILES string of the molecule is CC1(C)C2=CC3=C4C(=CC(Br)=CC4(O)c4cccc5ccccc45)C=C3C(O)(c3cccc4ccccc34)C2=Cc2ccccc21. The van der Waals surface area contributed by atoms with Crippen LogP contribution in [0.3, 0.4) is 0 Å². The zero-order valence-corrected chi connectivity index (χ0v) is 27.1. The van der Waals surface area contributed by atoms with E-state index in [4.69, 9.17) is 0 Å². The average molecular weight is 660 g/mol. The molecule has 0 aromatic heterocycles. The molecule has 5 aromatic rings. The Labute approximate surface area is 276 Å². The summed E-state index contributed by atoms with van der Waals surface area (Å²) in [5.74, 6) is 0. The number of fused-ring (bicyclic) bond motifs is 6. The first-order chi connectivity index (χ1) is 22.2. The van der Waals surface area contributed by atoms with Gasteiger partial charge in [0.2, 0.25) is 0 Å². The molecule has 9 rings (SSSR count). The molecule has 2 unspecified atom stereocenters. The van der Waals surface area contributed by atoms with Crippen LogP contribution in [0, 0.1) is 0 Å². The molecule has 4 aliphatic rings. The summed E-state index contributed by atoms with van der Waals surface area (Å²) in [4.78, 5) is 0. The van der Waals surface area contributed by atoms with Crippen LogP contribution in [-0.2, 0) is 16.6 Å². The van der Waals surface area contributed by atoms with Gasteiger partial charge in [-0.05, 0) is 90.9 Å². The van der Waals surface area contributed by atoms with E-state index in [1.807, 2.05) is 48.5 Å². The van der Waals surface area contributed by atoms with E-state index in [0.717, 1.165) is 76.2 Å². The summed E-state index contributed by atoms with van der Waals surface area (Å²) in [5, 5.41) is 30.8. The second-order valence-electron chi connectivity index (χ2n) is 13.3. The standard InChI is InChI=1S/C43H31BrO2/c1-41(2)34-18-8-5-13-28(34)22-39-38(41)24-33-37(43(39,46)36-20-10-15-27-12-4-7-17-32(27)36)23-29-21-30(44)25-42(45,40(29)33)35-19-9-14-26-11-3-6-16-31(26)35/h3-25,45-46H,1-2H3. The summed E-state index contributed by atoms with van der Waals surface area (Å²) in [6.45, 7) is 4.49. The van der Waals surface area contributed by atoms with Crippen LogP contribution in [0.15, 0.2) is 171 Å². The highest BCUT2D eigenvalue weighted by Crippen LogP contribution is 2.61. The van der Waals surface area contributed by atoms with E-state index in [2.05, 4.69) is 121 Å². The van der Waals surface area contributed by atoms with E-state index in [-0.39, 0.29) is 0 Å². The third-order valence-corrected chi connectivity index (χ3v) is 11.0. The summed E-state index contributed by atoms with van der Waals surface area (Å²) in [7, 11) is 0. The van der Waals surface area contributed by atoms with E-state index in [9.17, 15) is 10.2 Å². The molecule has 0 radical (unpaired) electrons. The van der Waals surface area contributed by atoms with Crippen molar-refractivity contribution in [2.45, 2.75) is 30.5 Å². The zero-order chi connectivity index (χ0) is 31.4. The first-order valence-electron chi connectivity index (χ1n) is 15.7. The molecule has 2 N–H and O–H groups in total. The first-order valence-corrected chi connectivity index (χ1v) is 16.5. The minimum absolute atomic E-state index is 0.409. The van der Waals surface area contributed by atoms with Crippen molar-refractivity contribution in [3.05, 3.63) is 194 Å². The highest BCUT2D eigenvalue weighted by Gasteiger charge is 2.54. The van der Waals surface area contributed by atoms with E-state index in [1.54, 1.807) is 0 Å². The number of benzene rings is 5. The number of halogens is 1. The van der Waals surface area contributed by atoms with Crippen LogP contribution < -0.4 is 0 Å². The Morgan fingerprint density at radius 1 is 0.543 bits per heavy atom. The lowest BCUT2D eigenvalue weighted by Gasteiger charge is -2.47. The van der Waals surface area contributed by atoms with Crippen LogP contribution in [0.2, 0.25) is 0 Å². The molecule has 0 saturated heterocycles. The number of hydrogen-bond donors (Lipinski definition) is 2. The smallest absolute Gasteiger partial charge is 0.142 e.